The molecule has 2 N–H and O–H groups in total. The molecule has 0 atom stereocenters. The monoisotopic (exact) mass is 254 g/mol. The smallest absolute Gasteiger partial charge is 0.195 e. The van der Waals surface area contributed by atoms with Gasteiger partial charge in [0, 0.05) is 17.0 Å². The Bertz CT molecular complexity index is 630. The van der Waals surface area contributed by atoms with E-state index in [0.717, 1.165) is 6.07 Å². The molecular weight excluding hydrogens is 241 g/mol. The number of nitrogen functional groups attached to an aromatic ring is 1. The second-order valence-corrected chi connectivity index (χ2v) is 5.22. The van der Waals surface area contributed by atoms with Crippen LogP contribution in [-0.2, 0) is 5.41 Å². The molecule has 0 amide bonds. The molecule has 2 aromatic rings. The third kappa shape index (κ3) is 1.89. The van der Waals surface area contributed by atoms with E-state index >= 15 is 0 Å². The molecule has 2 rings (SSSR count). The Labute approximate surface area is 103 Å². The van der Waals surface area contributed by atoms with Crippen LogP contribution >= 0.6 is 0 Å². The van der Waals surface area contributed by atoms with E-state index in [2.05, 4.69) is 4.98 Å². The summed E-state index contributed by atoms with van der Waals surface area (Å²) in [5.74, 6) is -3.80. The van der Waals surface area contributed by atoms with Crippen molar-refractivity contribution in [2.75, 3.05) is 5.73 Å². The molecule has 0 aliphatic carbocycles. The zero-order valence-electron chi connectivity index (χ0n) is 10.3. The van der Waals surface area contributed by atoms with E-state index in [4.69, 9.17) is 5.73 Å². The zero-order chi connectivity index (χ0) is 13.7. The lowest BCUT2D eigenvalue weighted by atomic mass is 9.86. The summed E-state index contributed by atoms with van der Waals surface area (Å²) in [6, 6.07) is 2.27. The number of anilines is 1. The van der Waals surface area contributed by atoms with Crippen LogP contribution in [0.15, 0.2) is 12.1 Å². The Morgan fingerprint density at radius 1 is 1.06 bits per heavy atom. The van der Waals surface area contributed by atoms with E-state index in [1.54, 1.807) is 0 Å². The molecule has 2 nitrogen and oxygen atoms in total. The number of nitrogens with zero attached hydrogens (tertiary/aromatic N) is 1. The standard InChI is InChI=1S/C13H13F3N2/c1-13(2,3)7-4-6-9(18-12(7)17)5-8(14)11(16)10(6)15/h4-5H,1-3H3,(H2,17,18). The Kier molecular flexibility index (Phi) is 2.72. The number of hydrogen-bond donors (Lipinski definition) is 1. The molecule has 1 heterocycles. The van der Waals surface area contributed by atoms with Crippen LogP contribution in [0.3, 0.4) is 0 Å². The van der Waals surface area contributed by atoms with Crippen LogP contribution in [0, 0.1) is 17.5 Å². The van der Waals surface area contributed by atoms with Gasteiger partial charge in [0.1, 0.15) is 5.82 Å². The third-order valence-electron chi connectivity index (χ3n) is 2.79. The van der Waals surface area contributed by atoms with Gasteiger partial charge in [0.05, 0.1) is 5.52 Å². The molecule has 18 heavy (non-hydrogen) atoms. The first kappa shape index (κ1) is 12.7. The summed E-state index contributed by atoms with van der Waals surface area (Å²) in [4.78, 5) is 3.94. The Balaban J connectivity index is 2.86. The average Bonchev–Trinajstić information content (AvgIpc) is 2.24. The Morgan fingerprint density at radius 2 is 1.67 bits per heavy atom. The summed E-state index contributed by atoms with van der Waals surface area (Å²) in [5, 5.41) is -0.0620. The van der Waals surface area contributed by atoms with E-state index in [-0.39, 0.29) is 22.1 Å². The number of nitrogens with two attached hydrogens (primary N) is 1. The number of aromatic nitrogens is 1. The zero-order valence-corrected chi connectivity index (χ0v) is 10.3. The van der Waals surface area contributed by atoms with E-state index in [1.165, 1.54) is 6.07 Å². The first-order valence-corrected chi connectivity index (χ1v) is 5.46. The van der Waals surface area contributed by atoms with Crippen molar-refractivity contribution >= 4 is 16.7 Å². The maximum Gasteiger partial charge on any atom is 0.195 e. The highest BCUT2D eigenvalue weighted by molar-refractivity contribution is 5.82. The number of fused-ring (bicyclic) bond motifs is 1. The minimum atomic E-state index is -1.49. The van der Waals surface area contributed by atoms with Gasteiger partial charge in [0.2, 0.25) is 0 Å². The summed E-state index contributed by atoms with van der Waals surface area (Å²) < 4.78 is 39.9. The van der Waals surface area contributed by atoms with Crippen LogP contribution in [0.4, 0.5) is 19.0 Å². The van der Waals surface area contributed by atoms with Crippen molar-refractivity contribution in [1.82, 2.24) is 4.98 Å². The minimum absolute atomic E-state index is 0.0110. The van der Waals surface area contributed by atoms with Crippen molar-refractivity contribution in [3.8, 4) is 0 Å². The summed E-state index contributed by atoms with van der Waals surface area (Å²) >= 11 is 0. The SMILES string of the molecule is CC(C)(C)c1cc2c(F)c(F)c(F)cc2nc1N. The molecule has 1 aromatic heterocycles. The van der Waals surface area contributed by atoms with Crippen molar-refractivity contribution in [3.05, 3.63) is 35.1 Å². The molecular formula is C13H13F3N2. The molecule has 0 unspecified atom stereocenters. The van der Waals surface area contributed by atoms with Crippen molar-refractivity contribution in [1.29, 1.82) is 0 Å². The number of halogens is 3. The lowest BCUT2D eigenvalue weighted by Gasteiger charge is -2.21. The summed E-state index contributed by atoms with van der Waals surface area (Å²) in [6.07, 6.45) is 0. The number of rotatable bonds is 0. The van der Waals surface area contributed by atoms with Crippen molar-refractivity contribution in [2.45, 2.75) is 26.2 Å². The summed E-state index contributed by atoms with van der Waals surface area (Å²) in [5.41, 5.74) is 6.01. The van der Waals surface area contributed by atoms with Gasteiger partial charge in [-0.3, -0.25) is 0 Å². The first-order valence-electron chi connectivity index (χ1n) is 5.46. The largest absolute Gasteiger partial charge is 0.383 e. The molecule has 0 aliphatic heterocycles. The third-order valence-corrected chi connectivity index (χ3v) is 2.79. The van der Waals surface area contributed by atoms with E-state index in [0.29, 0.717) is 5.56 Å². The van der Waals surface area contributed by atoms with Crippen molar-refractivity contribution in [3.63, 3.8) is 0 Å². The topological polar surface area (TPSA) is 38.9 Å². The molecule has 0 spiro atoms. The van der Waals surface area contributed by atoms with E-state index in [9.17, 15) is 13.2 Å². The number of benzene rings is 1. The van der Waals surface area contributed by atoms with Gasteiger partial charge in [0.15, 0.2) is 17.5 Å². The molecule has 0 saturated carbocycles. The van der Waals surface area contributed by atoms with Gasteiger partial charge in [-0.2, -0.15) is 0 Å². The van der Waals surface area contributed by atoms with Gasteiger partial charge in [-0.1, -0.05) is 20.8 Å². The van der Waals surface area contributed by atoms with Gasteiger partial charge in [-0.05, 0) is 11.5 Å². The van der Waals surface area contributed by atoms with Crippen LogP contribution in [0.2, 0.25) is 0 Å². The molecule has 0 bridgehead atoms. The van der Waals surface area contributed by atoms with Gasteiger partial charge in [-0.25, -0.2) is 18.2 Å². The molecule has 0 radical (unpaired) electrons. The van der Waals surface area contributed by atoms with E-state index < -0.39 is 17.5 Å². The fourth-order valence-electron chi connectivity index (χ4n) is 1.84. The average molecular weight is 254 g/mol. The minimum Gasteiger partial charge on any atom is -0.383 e. The molecule has 0 fully saturated rings. The predicted molar refractivity (Wildman–Crippen MR) is 64.7 cm³/mol. The molecule has 5 heteroatoms. The van der Waals surface area contributed by atoms with Crippen LogP contribution < -0.4 is 5.73 Å². The van der Waals surface area contributed by atoms with Crippen molar-refractivity contribution in [2.24, 2.45) is 0 Å². The van der Waals surface area contributed by atoms with Crippen LogP contribution in [-0.4, -0.2) is 4.98 Å². The van der Waals surface area contributed by atoms with Gasteiger partial charge >= 0.3 is 0 Å². The Hall–Kier alpha value is -1.78. The summed E-state index contributed by atoms with van der Waals surface area (Å²) in [7, 11) is 0. The highest BCUT2D eigenvalue weighted by atomic mass is 19.2. The van der Waals surface area contributed by atoms with Gasteiger partial charge in [-0.15, -0.1) is 0 Å². The maximum atomic E-state index is 13.7. The molecule has 96 valence electrons. The maximum absolute atomic E-state index is 13.7. The first-order chi connectivity index (χ1) is 8.21. The molecule has 0 saturated heterocycles. The Morgan fingerprint density at radius 3 is 2.22 bits per heavy atom. The summed E-state index contributed by atoms with van der Waals surface area (Å²) in [6.45, 7) is 5.64. The highest BCUT2D eigenvalue weighted by Crippen LogP contribution is 2.31. The second kappa shape index (κ2) is 3.86. The lowest BCUT2D eigenvalue weighted by molar-refractivity contribution is 0.453. The number of hydrogen-bond acceptors (Lipinski definition) is 2. The molecule has 0 aliphatic rings. The fraction of sp³-hybridized carbons (Fsp3) is 0.308. The van der Waals surface area contributed by atoms with Crippen LogP contribution in [0.1, 0.15) is 26.3 Å². The quantitative estimate of drug-likeness (QED) is 0.730. The fourth-order valence-corrected chi connectivity index (χ4v) is 1.84. The highest BCUT2D eigenvalue weighted by Gasteiger charge is 2.21. The van der Waals surface area contributed by atoms with Crippen LogP contribution in [0.25, 0.3) is 10.9 Å². The normalized spacial score (nSPS) is 12.1. The number of pyridine rings is 1. The van der Waals surface area contributed by atoms with Gasteiger partial charge < -0.3 is 5.73 Å². The van der Waals surface area contributed by atoms with Crippen molar-refractivity contribution < 1.29 is 13.2 Å². The lowest BCUT2D eigenvalue weighted by Crippen LogP contribution is -2.15. The molecule has 1 aromatic carbocycles. The second-order valence-electron chi connectivity index (χ2n) is 5.22. The van der Waals surface area contributed by atoms with E-state index in [1.807, 2.05) is 20.8 Å². The predicted octanol–water partition coefficient (Wildman–Crippen LogP) is 3.53. The van der Waals surface area contributed by atoms with Crippen LogP contribution in [0.5, 0.6) is 0 Å². The van der Waals surface area contributed by atoms with Gasteiger partial charge in [0.25, 0.3) is 0 Å².